The van der Waals surface area contributed by atoms with Crippen molar-refractivity contribution in [2.75, 3.05) is 0 Å². The van der Waals surface area contributed by atoms with E-state index >= 15 is 0 Å². The van der Waals surface area contributed by atoms with E-state index in [0.717, 1.165) is 25.1 Å². The van der Waals surface area contributed by atoms with Crippen LogP contribution in [0.25, 0.3) is 0 Å². The van der Waals surface area contributed by atoms with Crippen molar-refractivity contribution in [3.05, 3.63) is 11.7 Å². The molecule has 2 saturated heterocycles. The molecule has 5 nitrogen and oxygen atoms in total. The Morgan fingerprint density at radius 2 is 2.05 bits per heavy atom. The van der Waals surface area contributed by atoms with Crippen molar-refractivity contribution < 1.29 is 9.26 Å². The monoisotopic (exact) mass is 277 g/mol. The highest BCUT2D eigenvalue weighted by molar-refractivity contribution is 5.07. The number of hydrogen-bond donors (Lipinski definition) is 1. The summed E-state index contributed by atoms with van der Waals surface area (Å²) >= 11 is 0. The molecule has 1 aliphatic carbocycles. The first-order chi connectivity index (χ1) is 9.79. The zero-order valence-corrected chi connectivity index (χ0v) is 11.8. The largest absolute Gasteiger partial charge is 0.374 e. The van der Waals surface area contributed by atoms with Crippen LogP contribution in [0.3, 0.4) is 0 Å². The number of rotatable bonds is 4. The molecule has 1 aromatic rings. The predicted molar refractivity (Wildman–Crippen MR) is 73.2 cm³/mol. The van der Waals surface area contributed by atoms with Crippen LogP contribution in [-0.2, 0) is 11.2 Å². The lowest BCUT2D eigenvalue weighted by atomic mass is 9.89. The van der Waals surface area contributed by atoms with Gasteiger partial charge in [0.25, 0.3) is 0 Å². The molecule has 3 heterocycles. The van der Waals surface area contributed by atoms with Crippen molar-refractivity contribution in [2.45, 2.75) is 75.5 Å². The molecule has 2 bridgehead atoms. The summed E-state index contributed by atoms with van der Waals surface area (Å²) in [5.41, 5.74) is 6.28. The first kappa shape index (κ1) is 12.8. The molecular weight excluding hydrogens is 254 g/mol. The molecule has 5 heteroatoms. The third-order valence-corrected chi connectivity index (χ3v) is 5.34. The summed E-state index contributed by atoms with van der Waals surface area (Å²) < 4.78 is 11.3. The van der Waals surface area contributed by atoms with E-state index in [1.807, 2.05) is 0 Å². The number of ether oxygens (including phenoxy) is 1. The molecule has 110 valence electrons. The quantitative estimate of drug-likeness (QED) is 0.913. The van der Waals surface area contributed by atoms with Crippen molar-refractivity contribution in [3.8, 4) is 0 Å². The van der Waals surface area contributed by atoms with E-state index in [0.29, 0.717) is 29.9 Å². The van der Waals surface area contributed by atoms with Gasteiger partial charge in [0.05, 0.1) is 18.1 Å². The second kappa shape index (κ2) is 5.11. The first-order valence-corrected chi connectivity index (χ1v) is 8.03. The Bertz CT molecular complexity index is 469. The van der Waals surface area contributed by atoms with Gasteiger partial charge in [-0.2, -0.15) is 4.98 Å². The highest BCUT2D eigenvalue weighted by Crippen LogP contribution is 2.43. The van der Waals surface area contributed by atoms with Crippen molar-refractivity contribution in [1.82, 2.24) is 10.1 Å². The zero-order valence-electron chi connectivity index (χ0n) is 11.8. The van der Waals surface area contributed by atoms with Crippen molar-refractivity contribution >= 4 is 0 Å². The van der Waals surface area contributed by atoms with Gasteiger partial charge in [0, 0.05) is 12.5 Å². The van der Waals surface area contributed by atoms with Crippen LogP contribution >= 0.6 is 0 Å². The van der Waals surface area contributed by atoms with E-state index in [1.54, 1.807) is 0 Å². The van der Waals surface area contributed by atoms with E-state index < -0.39 is 0 Å². The molecule has 1 aromatic heterocycles. The summed E-state index contributed by atoms with van der Waals surface area (Å²) in [6.45, 7) is 0. The Morgan fingerprint density at radius 1 is 1.20 bits per heavy atom. The van der Waals surface area contributed by atoms with Gasteiger partial charge in [0.2, 0.25) is 5.89 Å². The fraction of sp³-hybridized carbons (Fsp3) is 0.867. The van der Waals surface area contributed by atoms with E-state index in [4.69, 9.17) is 15.0 Å². The summed E-state index contributed by atoms with van der Waals surface area (Å²) in [6, 6.07) is 0.169. The van der Waals surface area contributed by atoms with Gasteiger partial charge in [-0.15, -0.1) is 0 Å². The van der Waals surface area contributed by atoms with E-state index in [-0.39, 0.29) is 6.04 Å². The smallest absolute Gasteiger partial charge is 0.228 e. The Morgan fingerprint density at radius 3 is 2.75 bits per heavy atom. The summed E-state index contributed by atoms with van der Waals surface area (Å²) in [7, 11) is 0. The van der Waals surface area contributed by atoms with Crippen LogP contribution in [0, 0.1) is 5.92 Å². The van der Waals surface area contributed by atoms with Crippen LogP contribution in [0.1, 0.15) is 62.6 Å². The Labute approximate surface area is 119 Å². The molecule has 0 amide bonds. The minimum atomic E-state index is 0.169. The molecular formula is C15H23N3O2. The Hall–Kier alpha value is -0.940. The maximum absolute atomic E-state index is 6.28. The van der Waals surface area contributed by atoms with Gasteiger partial charge < -0.3 is 15.0 Å². The predicted octanol–water partition coefficient (Wildman–Crippen LogP) is 2.16. The molecule has 0 spiro atoms. The molecule has 0 radical (unpaired) electrons. The van der Waals surface area contributed by atoms with Gasteiger partial charge in [-0.1, -0.05) is 18.0 Å². The molecule has 2 N–H and O–H groups in total. The number of aromatic nitrogens is 2. The number of fused-ring (bicyclic) bond motifs is 2. The van der Waals surface area contributed by atoms with E-state index in [1.165, 1.54) is 32.1 Å². The lowest BCUT2D eigenvalue weighted by Crippen LogP contribution is -2.30. The lowest BCUT2D eigenvalue weighted by Gasteiger charge is -2.16. The van der Waals surface area contributed by atoms with Crippen LogP contribution in [-0.4, -0.2) is 28.4 Å². The average Bonchev–Trinajstić information content (AvgIpc) is 3.22. The molecule has 1 saturated carbocycles. The molecule has 4 rings (SSSR count). The minimum Gasteiger partial charge on any atom is -0.374 e. The fourth-order valence-corrected chi connectivity index (χ4v) is 4.16. The second-order valence-electron chi connectivity index (χ2n) is 6.67. The molecule has 4 atom stereocenters. The van der Waals surface area contributed by atoms with Gasteiger partial charge in [0.15, 0.2) is 5.82 Å². The molecule has 3 fully saturated rings. The van der Waals surface area contributed by atoms with Gasteiger partial charge in [-0.05, 0) is 38.0 Å². The SMILES string of the molecule is NC(Cc1nc(C2CC3CCC2O3)no1)C1CCCC1. The highest BCUT2D eigenvalue weighted by atomic mass is 16.5. The average molecular weight is 277 g/mol. The summed E-state index contributed by atoms with van der Waals surface area (Å²) in [5.74, 6) is 2.53. The second-order valence-corrected chi connectivity index (χ2v) is 6.67. The lowest BCUT2D eigenvalue weighted by molar-refractivity contribution is 0.0996. The first-order valence-electron chi connectivity index (χ1n) is 8.03. The van der Waals surface area contributed by atoms with Crippen LogP contribution in [0.15, 0.2) is 4.52 Å². The molecule has 0 aromatic carbocycles. The molecule has 4 unspecified atom stereocenters. The van der Waals surface area contributed by atoms with Crippen LogP contribution < -0.4 is 5.73 Å². The highest BCUT2D eigenvalue weighted by Gasteiger charge is 2.43. The van der Waals surface area contributed by atoms with E-state index in [9.17, 15) is 0 Å². The zero-order chi connectivity index (χ0) is 13.5. The van der Waals surface area contributed by atoms with Crippen LogP contribution in [0.5, 0.6) is 0 Å². The molecule has 2 aliphatic heterocycles. The van der Waals surface area contributed by atoms with Crippen LogP contribution in [0.4, 0.5) is 0 Å². The number of nitrogens with two attached hydrogens (primary N) is 1. The molecule has 20 heavy (non-hydrogen) atoms. The van der Waals surface area contributed by atoms with Crippen LogP contribution in [0.2, 0.25) is 0 Å². The Kier molecular flexibility index (Phi) is 3.27. The van der Waals surface area contributed by atoms with E-state index in [2.05, 4.69) is 10.1 Å². The maximum Gasteiger partial charge on any atom is 0.228 e. The fourth-order valence-electron chi connectivity index (χ4n) is 4.16. The normalized spacial score (nSPS) is 35.0. The standard InChI is InChI=1S/C15H23N3O2/c16-12(9-3-1-2-4-9)8-14-17-15(18-20-14)11-7-10-5-6-13(11)19-10/h9-13H,1-8,16H2. The summed E-state index contributed by atoms with van der Waals surface area (Å²) in [6.07, 6.45) is 9.98. The minimum absolute atomic E-state index is 0.169. The number of hydrogen-bond acceptors (Lipinski definition) is 5. The van der Waals surface area contributed by atoms with Crippen molar-refractivity contribution in [2.24, 2.45) is 11.7 Å². The van der Waals surface area contributed by atoms with Gasteiger partial charge in [0.1, 0.15) is 0 Å². The molecule has 3 aliphatic rings. The number of nitrogens with zero attached hydrogens (tertiary/aromatic N) is 2. The van der Waals surface area contributed by atoms with Crippen molar-refractivity contribution in [3.63, 3.8) is 0 Å². The van der Waals surface area contributed by atoms with Gasteiger partial charge in [-0.3, -0.25) is 0 Å². The van der Waals surface area contributed by atoms with Gasteiger partial charge in [-0.25, -0.2) is 0 Å². The third kappa shape index (κ3) is 2.27. The van der Waals surface area contributed by atoms with Gasteiger partial charge >= 0.3 is 0 Å². The maximum atomic E-state index is 6.28. The topological polar surface area (TPSA) is 74.2 Å². The van der Waals surface area contributed by atoms with Crippen molar-refractivity contribution in [1.29, 1.82) is 0 Å². The summed E-state index contributed by atoms with van der Waals surface area (Å²) in [4.78, 5) is 4.58. The summed E-state index contributed by atoms with van der Waals surface area (Å²) in [5, 5.41) is 4.17. The Balaban J connectivity index is 1.40. The third-order valence-electron chi connectivity index (χ3n) is 5.34.